The lowest BCUT2D eigenvalue weighted by atomic mass is 9.65. The van der Waals surface area contributed by atoms with E-state index in [0.717, 1.165) is 37.9 Å². The van der Waals surface area contributed by atoms with Crippen LogP contribution in [0.15, 0.2) is 158 Å². The standard InChI is InChI=1S/C41H41BN2OSi/c1-2-3-16-31-45-36-25-27-39(28-26-36)46(37-21-12-6-13-22-37,38-23-14-7-15-24-38)33-44-30-29-43-41(44)42-40(35-19-10-5-11-20-35)32-34-17-8-4-9-18-34/h4-15,17-30,32,42H,2-3,16,31,33H2,1H3. The molecule has 0 aliphatic heterocycles. The molecule has 6 aromatic rings. The first-order valence-electron chi connectivity index (χ1n) is 16.4. The predicted octanol–water partition coefficient (Wildman–Crippen LogP) is 6.42. The number of hydrogen-bond acceptors (Lipinski definition) is 2. The molecule has 0 saturated carbocycles. The Labute approximate surface area is 275 Å². The van der Waals surface area contributed by atoms with E-state index in [2.05, 4.69) is 169 Å². The Bertz CT molecular complexity index is 1770. The third kappa shape index (κ3) is 7.33. The van der Waals surface area contributed by atoms with Gasteiger partial charge in [0, 0.05) is 18.6 Å². The van der Waals surface area contributed by atoms with Crippen molar-refractivity contribution >= 4 is 48.2 Å². The molecule has 0 fully saturated rings. The smallest absolute Gasteiger partial charge is 0.239 e. The van der Waals surface area contributed by atoms with E-state index in [-0.39, 0.29) is 0 Å². The van der Waals surface area contributed by atoms with Gasteiger partial charge < -0.3 is 9.30 Å². The molecule has 0 N–H and O–H groups in total. The molecule has 0 bridgehead atoms. The highest BCUT2D eigenvalue weighted by Crippen LogP contribution is 2.19. The molecule has 0 amide bonds. The number of imidazole rings is 1. The molecule has 228 valence electrons. The van der Waals surface area contributed by atoms with Crippen LogP contribution in [0.1, 0.15) is 37.3 Å². The van der Waals surface area contributed by atoms with Crippen molar-refractivity contribution in [2.45, 2.75) is 32.4 Å². The highest BCUT2D eigenvalue weighted by atomic mass is 28.3. The molecule has 1 aromatic heterocycles. The topological polar surface area (TPSA) is 27.1 Å². The summed E-state index contributed by atoms with van der Waals surface area (Å²) in [7, 11) is -1.86. The van der Waals surface area contributed by atoms with Crippen molar-refractivity contribution in [1.29, 1.82) is 0 Å². The first-order valence-corrected chi connectivity index (χ1v) is 18.6. The van der Waals surface area contributed by atoms with Gasteiger partial charge in [0.05, 0.1) is 12.3 Å². The second kappa shape index (κ2) is 15.4. The minimum Gasteiger partial charge on any atom is -0.494 e. The van der Waals surface area contributed by atoms with Crippen LogP contribution in [-0.4, -0.2) is 31.5 Å². The molecular weight excluding hydrogens is 575 g/mol. The fourth-order valence-electron chi connectivity index (χ4n) is 6.31. The van der Waals surface area contributed by atoms with E-state index in [0.29, 0.717) is 0 Å². The van der Waals surface area contributed by atoms with Crippen LogP contribution in [0.5, 0.6) is 5.75 Å². The fourth-order valence-corrected chi connectivity index (χ4v) is 10.9. The van der Waals surface area contributed by atoms with Gasteiger partial charge >= 0.3 is 0 Å². The van der Waals surface area contributed by atoms with Crippen LogP contribution < -0.4 is 26.0 Å². The Balaban J connectivity index is 1.42. The lowest BCUT2D eigenvalue weighted by Crippen LogP contribution is -2.70. The summed E-state index contributed by atoms with van der Waals surface area (Å²) in [5, 5.41) is 4.11. The summed E-state index contributed by atoms with van der Waals surface area (Å²) >= 11 is 0. The molecular formula is C41H41BN2OSi. The largest absolute Gasteiger partial charge is 0.494 e. The Morgan fingerprint density at radius 1 is 0.696 bits per heavy atom. The molecule has 0 aliphatic rings. The normalized spacial score (nSPS) is 11.7. The van der Waals surface area contributed by atoms with Gasteiger partial charge in [0.1, 0.15) is 5.75 Å². The monoisotopic (exact) mass is 616 g/mol. The van der Waals surface area contributed by atoms with Crippen LogP contribution >= 0.6 is 0 Å². The second-order valence-corrected chi connectivity index (χ2v) is 15.7. The van der Waals surface area contributed by atoms with E-state index in [9.17, 15) is 0 Å². The quantitative estimate of drug-likeness (QED) is 0.0612. The highest BCUT2D eigenvalue weighted by molar-refractivity contribution is 7.10. The minimum absolute atomic E-state index is 0.727. The molecule has 0 aliphatic carbocycles. The summed E-state index contributed by atoms with van der Waals surface area (Å²) in [4.78, 5) is 4.98. The predicted molar refractivity (Wildman–Crippen MR) is 199 cm³/mol. The Morgan fingerprint density at radius 3 is 1.87 bits per heavy atom. The summed E-state index contributed by atoms with van der Waals surface area (Å²) in [6.07, 6.45) is 10.7. The van der Waals surface area contributed by atoms with Gasteiger partial charge in [0.2, 0.25) is 7.28 Å². The molecule has 6 rings (SSSR count). The summed E-state index contributed by atoms with van der Waals surface area (Å²) in [5.74, 6) is 0.936. The number of unbranched alkanes of at least 4 members (excludes halogenated alkanes) is 2. The zero-order chi connectivity index (χ0) is 31.4. The average molecular weight is 617 g/mol. The maximum Gasteiger partial charge on any atom is 0.239 e. The van der Waals surface area contributed by atoms with E-state index in [1.807, 2.05) is 6.20 Å². The molecule has 46 heavy (non-hydrogen) atoms. The molecule has 0 radical (unpaired) electrons. The molecule has 0 spiro atoms. The van der Waals surface area contributed by atoms with Crippen LogP contribution in [0.4, 0.5) is 0 Å². The molecule has 0 saturated heterocycles. The van der Waals surface area contributed by atoms with Crippen molar-refractivity contribution in [3.05, 3.63) is 169 Å². The van der Waals surface area contributed by atoms with Gasteiger partial charge in [-0.15, -0.1) is 0 Å². The third-order valence-electron chi connectivity index (χ3n) is 8.74. The van der Waals surface area contributed by atoms with Crippen molar-refractivity contribution in [2.24, 2.45) is 0 Å². The van der Waals surface area contributed by atoms with Crippen LogP contribution in [0.25, 0.3) is 11.5 Å². The van der Waals surface area contributed by atoms with E-state index in [1.54, 1.807) is 0 Å². The lowest BCUT2D eigenvalue weighted by Gasteiger charge is -2.34. The second-order valence-electron chi connectivity index (χ2n) is 11.8. The van der Waals surface area contributed by atoms with Crippen LogP contribution in [0.3, 0.4) is 0 Å². The van der Waals surface area contributed by atoms with E-state index in [1.165, 1.54) is 45.0 Å². The average Bonchev–Trinajstić information content (AvgIpc) is 3.56. The number of rotatable bonds is 14. The molecule has 5 aromatic carbocycles. The van der Waals surface area contributed by atoms with Crippen molar-refractivity contribution in [2.75, 3.05) is 6.61 Å². The summed E-state index contributed by atoms with van der Waals surface area (Å²) < 4.78 is 8.55. The molecule has 3 nitrogen and oxygen atoms in total. The van der Waals surface area contributed by atoms with E-state index < -0.39 is 8.07 Å². The van der Waals surface area contributed by atoms with Crippen LogP contribution in [0.2, 0.25) is 0 Å². The Kier molecular flexibility index (Phi) is 10.4. The van der Waals surface area contributed by atoms with Crippen LogP contribution in [0, 0.1) is 0 Å². The Morgan fingerprint density at radius 2 is 1.26 bits per heavy atom. The van der Waals surface area contributed by atoms with Crippen molar-refractivity contribution < 1.29 is 4.74 Å². The van der Waals surface area contributed by atoms with Gasteiger partial charge in [-0.05, 0) is 45.2 Å². The summed E-state index contributed by atoms with van der Waals surface area (Å²) in [5.41, 5.74) is 4.71. The van der Waals surface area contributed by atoms with Gasteiger partial charge in [-0.3, -0.25) is 4.98 Å². The van der Waals surface area contributed by atoms with Gasteiger partial charge in [-0.25, -0.2) is 0 Å². The van der Waals surface area contributed by atoms with Crippen molar-refractivity contribution in [3.8, 4) is 5.75 Å². The zero-order valence-electron chi connectivity index (χ0n) is 26.6. The molecule has 0 atom stereocenters. The SMILES string of the molecule is CCCCCOc1ccc([Si](Cn2ccnc2BC(=Cc2ccccc2)c2ccccc2)(c2ccccc2)c2ccccc2)cc1. The lowest BCUT2D eigenvalue weighted by molar-refractivity contribution is 0.306. The van der Waals surface area contributed by atoms with E-state index >= 15 is 0 Å². The maximum absolute atomic E-state index is 6.14. The number of ether oxygens (including phenoxy) is 1. The number of nitrogens with zero attached hydrogens (tertiary/aromatic N) is 2. The first-order chi connectivity index (χ1) is 22.8. The maximum atomic E-state index is 6.14. The van der Waals surface area contributed by atoms with E-state index in [4.69, 9.17) is 9.72 Å². The molecule has 1 heterocycles. The van der Waals surface area contributed by atoms with Gasteiger partial charge in [0.25, 0.3) is 0 Å². The molecule has 0 unspecified atom stereocenters. The van der Waals surface area contributed by atoms with Gasteiger partial charge in [-0.1, -0.05) is 165 Å². The number of hydrogen-bond donors (Lipinski definition) is 0. The number of aromatic nitrogens is 2. The van der Waals surface area contributed by atoms with Crippen molar-refractivity contribution in [1.82, 2.24) is 9.55 Å². The van der Waals surface area contributed by atoms with Crippen LogP contribution in [-0.2, 0) is 6.17 Å². The summed E-state index contributed by atoms with van der Waals surface area (Å²) in [6, 6.07) is 52.4. The fraction of sp³-hybridized carbons (Fsp3) is 0.146. The zero-order valence-corrected chi connectivity index (χ0v) is 27.6. The van der Waals surface area contributed by atoms with Crippen molar-refractivity contribution in [3.63, 3.8) is 0 Å². The number of benzene rings is 5. The highest BCUT2D eigenvalue weighted by Gasteiger charge is 2.40. The minimum atomic E-state index is -2.58. The van der Waals surface area contributed by atoms with Gasteiger partial charge in [0.15, 0.2) is 8.07 Å². The Hall–Kier alpha value is -4.87. The first kappa shape index (κ1) is 31.1. The third-order valence-corrected chi connectivity index (χ3v) is 13.5. The summed E-state index contributed by atoms with van der Waals surface area (Å²) in [6.45, 7) is 2.98. The van der Waals surface area contributed by atoms with Gasteiger partial charge in [-0.2, -0.15) is 0 Å². The molecule has 5 heteroatoms.